The number of alkyl halides is 3. The van der Waals surface area contributed by atoms with Crippen molar-refractivity contribution in [3.05, 3.63) is 47.7 Å². The second kappa shape index (κ2) is 10.5. The maximum absolute atomic E-state index is 13.6. The highest BCUT2D eigenvalue weighted by molar-refractivity contribution is 8.00. The van der Waals surface area contributed by atoms with E-state index < -0.39 is 16.3 Å². The van der Waals surface area contributed by atoms with Crippen molar-refractivity contribution >= 4 is 39.6 Å². The zero-order chi connectivity index (χ0) is 28.1. The lowest BCUT2D eigenvalue weighted by atomic mass is 10.0. The van der Waals surface area contributed by atoms with Crippen LogP contribution in [-0.4, -0.2) is 74.1 Å². The number of fused-ring (bicyclic) bond motifs is 2. The van der Waals surface area contributed by atoms with Crippen molar-refractivity contribution in [3.8, 4) is 17.6 Å². The van der Waals surface area contributed by atoms with E-state index in [1.807, 2.05) is 31.2 Å². The van der Waals surface area contributed by atoms with E-state index in [0.29, 0.717) is 29.0 Å². The van der Waals surface area contributed by atoms with Crippen LogP contribution in [0.25, 0.3) is 5.52 Å². The molecule has 0 amide bonds. The molecule has 2 saturated heterocycles. The molecule has 2 N–H and O–H groups in total. The molecule has 12 heteroatoms. The number of likely N-dealkylation sites (tertiary alicyclic amines) is 1. The monoisotopic (exact) mass is 589 g/mol. The van der Waals surface area contributed by atoms with Gasteiger partial charge in [-0.15, -0.1) is 0 Å². The van der Waals surface area contributed by atoms with Gasteiger partial charge >= 0.3 is 5.51 Å². The van der Waals surface area contributed by atoms with Crippen molar-refractivity contribution in [2.75, 3.05) is 48.9 Å². The molecule has 3 aliphatic rings. The average molecular weight is 590 g/mol. The summed E-state index contributed by atoms with van der Waals surface area (Å²) < 4.78 is 59.2. The molecule has 6 rings (SSSR count). The molecule has 40 heavy (non-hydrogen) atoms. The first-order valence-electron chi connectivity index (χ1n) is 13.2. The lowest BCUT2D eigenvalue weighted by Crippen LogP contribution is -2.54. The third kappa shape index (κ3) is 5.51. The first-order valence-corrected chi connectivity index (χ1v) is 15.5. The first-order chi connectivity index (χ1) is 19.1. The van der Waals surface area contributed by atoms with Gasteiger partial charge in [-0.05, 0) is 73.2 Å². The average Bonchev–Trinajstić information content (AvgIpc) is 3.50. The van der Waals surface area contributed by atoms with Crippen LogP contribution in [0.3, 0.4) is 0 Å². The highest BCUT2D eigenvalue weighted by Crippen LogP contribution is 2.52. The molecule has 7 nitrogen and oxygen atoms in total. The highest BCUT2D eigenvalue weighted by Gasteiger charge is 2.58. The number of benzene rings is 1. The van der Waals surface area contributed by atoms with Crippen molar-refractivity contribution in [1.82, 2.24) is 14.5 Å². The minimum absolute atomic E-state index is 0.00536. The van der Waals surface area contributed by atoms with Crippen molar-refractivity contribution in [2.45, 2.75) is 41.7 Å². The van der Waals surface area contributed by atoms with Crippen molar-refractivity contribution < 1.29 is 22.1 Å². The predicted molar refractivity (Wildman–Crippen MR) is 153 cm³/mol. The zero-order valence-electron chi connectivity index (χ0n) is 22.2. The molecule has 2 aliphatic heterocycles. The van der Waals surface area contributed by atoms with E-state index >= 15 is 0 Å². The quantitative estimate of drug-likeness (QED) is 0.305. The van der Waals surface area contributed by atoms with E-state index in [9.17, 15) is 17.4 Å². The molecule has 212 valence electrons. The molecule has 1 aliphatic carbocycles. The van der Waals surface area contributed by atoms with Gasteiger partial charge in [0, 0.05) is 47.0 Å². The molecule has 3 aromatic rings. The number of halogens is 3. The van der Waals surface area contributed by atoms with Crippen LogP contribution in [0.2, 0.25) is 0 Å². The minimum atomic E-state index is -4.48. The Morgan fingerprint density at radius 1 is 1.27 bits per heavy atom. The van der Waals surface area contributed by atoms with Crippen molar-refractivity contribution in [1.29, 1.82) is 0 Å². The number of piperidine rings is 1. The van der Waals surface area contributed by atoms with E-state index in [-0.39, 0.29) is 34.4 Å². The Morgan fingerprint density at radius 2 is 2.10 bits per heavy atom. The molecule has 3 fully saturated rings. The first kappa shape index (κ1) is 27.3. The lowest BCUT2D eigenvalue weighted by molar-refractivity contribution is -0.0327. The van der Waals surface area contributed by atoms with Crippen LogP contribution in [0.1, 0.15) is 24.1 Å². The second-order valence-electron chi connectivity index (χ2n) is 10.6. The van der Waals surface area contributed by atoms with Gasteiger partial charge in [-0.3, -0.25) is 9.11 Å². The number of thioether (sulfide) groups is 1. The van der Waals surface area contributed by atoms with Gasteiger partial charge in [0.1, 0.15) is 17.3 Å². The number of anilines is 2. The minimum Gasteiger partial charge on any atom is -0.495 e. The Bertz CT molecular complexity index is 1520. The second-order valence-corrected chi connectivity index (χ2v) is 13.3. The SMILES string of the molecule is COc1cc(C)ccc1NCC#Cc1nn2c(NC34CCN(C5CS(=O)C5)CC3C4)cccc2c1SC(F)(F)F. The van der Waals surface area contributed by atoms with Crippen LogP contribution in [0.15, 0.2) is 41.3 Å². The van der Waals surface area contributed by atoms with Gasteiger partial charge in [0.2, 0.25) is 0 Å². The van der Waals surface area contributed by atoms with Gasteiger partial charge in [-0.25, -0.2) is 4.52 Å². The van der Waals surface area contributed by atoms with Crippen LogP contribution >= 0.6 is 11.8 Å². The van der Waals surface area contributed by atoms with E-state index in [4.69, 9.17) is 4.74 Å². The summed E-state index contributed by atoms with van der Waals surface area (Å²) in [5, 5.41) is 11.3. The Hall–Kier alpha value is -2.88. The highest BCUT2D eigenvalue weighted by atomic mass is 32.2. The summed E-state index contributed by atoms with van der Waals surface area (Å²) in [6.45, 7) is 4.05. The molecular formula is C28H30F3N5O2S2. The number of hydrogen-bond donors (Lipinski definition) is 2. The maximum Gasteiger partial charge on any atom is 0.446 e. The Morgan fingerprint density at radius 3 is 2.83 bits per heavy atom. The number of methoxy groups -OCH3 is 1. The van der Waals surface area contributed by atoms with Gasteiger partial charge in [-0.1, -0.05) is 18.1 Å². The Labute approximate surface area is 237 Å². The van der Waals surface area contributed by atoms with E-state index in [1.165, 1.54) is 0 Å². The molecule has 2 aromatic heterocycles. The number of ether oxygens (including phenoxy) is 1. The third-order valence-electron chi connectivity index (χ3n) is 7.94. The number of pyridine rings is 1. The van der Waals surface area contributed by atoms with Crippen LogP contribution in [0.4, 0.5) is 24.7 Å². The van der Waals surface area contributed by atoms with Gasteiger partial charge < -0.3 is 15.4 Å². The van der Waals surface area contributed by atoms with Crippen LogP contribution in [-0.2, 0) is 10.8 Å². The number of rotatable bonds is 7. The molecular weight excluding hydrogens is 559 g/mol. The fourth-order valence-electron chi connectivity index (χ4n) is 5.69. The summed E-state index contributed by atoms with van der Waals surface area (Å²) in [6, 6.07) is 11.4. The number of aromatic nitrogens is 2. The number of nitrogens with one attached hydrogen (secondary N) is 2. The summed E-state index contributed by atoms with van der Waals surface area (Å²) in [4.78, 5) is 2.44. The van der Waals surface area contributed by atoms with E-state index in [1.54, 1.807) is 23.8 Å². The number of nitrogens with zero attached hydrogens (tertiary/aromatic N) is 3. The fourth-order valence-corrected chi connectivity index (χ4v) is 7.55. The van der Waals surface area contributed by atoms with Crippen LogP contribution in [0.5, 0.6) is 5.75 Å². The van der Waals surface area contributed by atoms with Crippen molar-refractivity contribution in [3.63, 3.8) is 0 Å². The van der Waals surface area contributed by atoms with Gasteiger partial charge in [0.25, 0.3) is 0 Å². The smallest absolute Gasteiger partial charge is 0.446 e. The van der Waals surface area contributed by atoms with Gasteiger partial charge in [0.05, 0.1) is 29.8 Å². The summed E-state index contributed by atoms with van der Waals surface area (Å²) >= 11 is -0.183. The zero-order valence-corrected chi connectivity index (χ0v) is 23.8. The van der Waals surface area contributed by atoms with Gasteiger partial charge in [-0.2, -0.15) is 18.3 Å². The molecule has 1 saturated carbocycles. The van der Waals surface area contributed by atoms with Crippen LogP contribution < -0.4 is 15.4 Å². The summed E-state index contributed by atoms with van der Waals surface area (Å²) in [7, 11) is 0.908. The lowest BCUT2D eigenvalue weighted by Gasteiger charge is -2.41. The molecule has 4 heterocycles. The molecule has 1 aromatic carbocycles. The van der Waals surface area contributed by atoms with Crippen LogP contribution in [0, 0.1) is 24.7 Å². The molecule has 0 bridgehead atoms. The molecule has 2 atom stereocenters. The standard InChI is InChI=1S/C28H30F3N5O2S2/c1-18-8-9-21(24(13-18)38-2)32-11-4-5-22-26(39-28(29,30)31)23-6-3-7-25(36(23)34-22)33-27-10-12-35(15-19(27)14-27)20-16-40(37)17-20/h3,6-9,13,19-20,32-33H,10-12,14-17H2,1-2H3. The van der Waals surface area contributed by atoms with E-state index in [0.717, 1.165) is 48.7 Å². The maximum atomic E-state index is 13.6. The largest absolute Gasteiger partial charge is 0.495 e. The normalized spacial score (nSPS) is 25.9. The molecule has 2 unspecified atom stereocenters. The fraction of sp³-hybridized carbons (Fsp3) is 0.464. The molecule has 0 radical (unpaired) electrons. The summed E-state index contributed by atoms with van der Waals surface area (Å²) in [5.74, 6) is 9.10. The summed E-state index contributed by atoms with van der Waals surface area (Å²) in [5.41, 5.74) is -2.30. The summed E-state index contributed by atoms with van der Waals surface area (Å²) in [6.07, 6.45) is 1.94. The Kier molecular flexibility index (Phi) is 7.17. The van der Waals surface area contributed by atoms with E-state index in [2.05, 4.69) is 32.5 Å². The predicted octanol–water partition coefficient (Wildman–Crippen LogP) is 4.73. The Balaban J connectivity index is 1.22. The van der Waals surface area contributed by atoms with Gasteiger partial charge in [0.15, 0.2) is 0 Å². The topological polar surface area (TPSA) is 70.9 Å². The third-order valence-corrected chi connectivity index (χ3v) is 10.3. The van der Waals surface area contributed by atoms with Crippen molar-refractivity contribution in [2.24, 2.45) is 5.92 Å². The molecule has 0 spiro atoms. The number of hydrogen-bond acceptors (Lipinski definition) is 7. The number of aryl methyl sites for hydroxylation is 1.